The summed E-state index contributed by atoms with van der Waals surface area (Å²) in [6, 6.07) is 11.4. The fraction of sp³-hybridized carbons (Fsp3) is 0.273. The number of hydrogen-bond acceptors (Lipinski definition) is 5. The second-order valence-corrected chi connectivity index (χ2v) is 9.62. The molecule has 1 aliphatic rings. The summed E-state index contributed by atoms with van der Waals surface area (Å²) in [5.41, 5.74) is 7.47. The summed E-state index contributed by atoms with van der Waals surface area (Å²) in [7, 11) is -4.12. The number of primary sulfonamides is 1. The third-order valence-corrected chi connectivity index (χ3v) is 6.80. The van der Waals surface area contributed by atoms with Crippen LogP contribution in [0.25, 0.3) is 11.1 Å². The van der Waals surface area contributed by atoms with Crippen LogP contribution in [0.15, 0.2) is 59.8 Å². The van der Waals surface area contributed by atoms with Crippen molar-refractivity contribution in [2.75, 3.05) is 6.61 Å². The van der Waals surface area contributed by atoms with Gasteiger partial charge in [-0.2, -0.15) is 5.10 Å². The van der Waals surface area contributed by atoms with E-state index in [2.05, 4.69) is 5.10 Å². The normalized spacial score (nSPS) is 17.8. The number of halogens is 1. The summed E-state index contributed by atoms with van der Waals surface area (Å²) in [6.45, 7) is 0.660. The molecule has 0 aliphatic carbocycles. The SMILES string of the molecule is NC(=O)C(c1ccc(-c2cnn(C3CCCCO3)c2)c(S(N)(=O)=O)c1)c1ccccc1Cl. The zero-order valence-electron chi connectivity index (χ0n) is 17.1. The molecular weight excluding hydrogens is 452 g/mol. The molecule has 1 aromatic heterocycles. The number of nitrogens with two attached hydrogens (primary N) is 2. The molecule has 168 valence electrons. The Labute approximate surface area is 191 Å². The minimum Gasteiger partial charge on any atom is -0.369 e. The molecule has 1 saturated heterocycles. The summed E-state index contributed by atoms with van der Waals surface area (Å²) in [5.74, 6) is -1.59. The number of rotatable bonds is 6. The van der Waals surface area contributed by atoms with E-state index in [0.717, 1.165) is 19.3 Å². The molecule has 1 amide bonds. The molecule has 1 fully saturated rings. The third kappa shape index (κ3) is 4.56. The lowest BCUT2D eigenvalue weighted by molar-refractivity contribution is -0.118. The van der Waals surface area contributed by atoms with Crippen molar-refractivity contribution >= 4 is 27.5 Å². The van der Waals surface area contributed by atoms with Gasteiger partial charge in [-0.15, -0.1) is 0 Å². The summed E-state index contributed by atoms with van der Waals surface area (Å²) in [4.78, 5) is 12.2. The molecule has 32 heavy (non-hydrogen) atoms. The lowest BCUT2D eigenvalue weighted by atomic mass is 9.89. The standard InChI is InChI=1S/C22H23ClN4O4S/c23-18-6-2-1-5-17(18)21(22(24)28)14-8-9-16(19(11-14)32(25,29)30)15-12-26-27(13-15)20-7-3-4-10-31-20/h1-2,5-6,8-9,11-13,20-21H,3-4,7,10H2,(H2,24,28)(H2,25,29,30). The lowest BCUT2D eigenvalue weighted by Crippen LogP contribution is -2.23. The van der Waals surface area contributed by atoms with Gasteiger partial charge in [-0.1, -0.05) is 41.9 Å². The van der Waals surface area contributed by atoms with Crippen molar-refractivity contribution < 1.29 is 17.9 Å². The van der Waals surface area contributed by atoms with Gasteiger partial charge in [-0.25, -0.2) is 18.2 Å². The van der Waals surface area contributed by atoms with Crippen LogP contribution in [0.3, 0.4) is 0 Å². The summed E-state index contributed by atoms with van der Waals surface area (Å²) in [5, 5.41) is 10.2. The van der Waals surface area contributed by atoms with Gasteiger partial charge in [-0.05, 0) is 42.5 Å². The Kier molecular flexibility index (Phi) is 6.34. The molecule has 3 aromatic rings. The van der Waals surface area contributed by atoms with Crippen LogP contribution in [0, 0.1) is 0 Å². The van der Waals surface area contributed by atoms with Crippen LogP contribution < -0.4 is 10.9 Å². The van der Waals surface area contributed by atoms with Gasteiger partial charge in [0.2, 0.25) is 15.9 Å². The Bertz CT molecular complexity index is 1250. The zero-order valence-corrected chi connectivity index (χ0v) is 18.7. The Morgan fingerprint density at radius 1 is 1.22 bits per heavy atom. The number of aromatic nitrogens is 2. The van der Waals surface area contributed by atoms with Crippen molar-refractivity contribution in [2.24, 2.45) is 10.9 Å². The fourth-order valence-electron chi connectivity index (χ4n) is 3.97. The average Bonchev–Trinajstić information content (AvgIpc) is 3.25. The van der Waals surface area contributed by atoms with E-state index in [9.17, 15) is 13.2 Å². The van der Waals surface area contributed by atoms with Crippen molar-refractivity contribution in [1.82, 2.24) is 9.78 Å². The molecule has 2 heterocycles. The summed E-state index contributed by atoms with van der Waals surface area (Å²) < 4.78 is 32.4. The van der Waals surface area contributed by atoms with Crippen LogP contribution in [-0.2, 0) is 19.6 Å². The molecule has 0 radical (unpaired) electrons. The average molecular weight is 475 g/mol. The van der Waals surface area contributed by atoms with Crippen LogP contribution in [0.2, 0.25) is 5.02 Å². The predicted molar refractivity (Wildman–Crippen MR) is 120 cm³/mol. The minimum absolute atomic E-state index is 0.127. The number of nitrogens with zero attached hydrogens (tertiary/aromatic N) is 2. The van der Waals surface area contributed by atoms with Gasteiger partial charge in [0.25, 0.3) is 0 Å². The van der Waals surface area contributed by atoms with E-state index in [1.165, 1.54) is 6.07 Å². The quantitative estimate of drug-likeness (QED) is 0.566. The van der Waals surface area contributed by atoms with E-state index in [1.54, 1.807) is 53.5 Å². The van der Waals surface area contributed by atoms with E-state index < -0.39 is 21.8 Å². The Morgan fingerprint density at radius 2 is 2.00 bits per heavy atom. The first kappa shape index (κ1) is 22.5. The van der Waals surface area contributed by atoms with Crippen molar-refractivity contribution in [2.45, 2.75) is 36.3 Å². The molecule has 4 N–H and O–H groups in total. The van der Waals surface area contributed by atoms with Gasteiger partial charge in [-0.3, -0.25) is 4.79 Å². The van der Waals surface area contributed by atoms with Gasteiger partial charge >= 0.3 is 0 Å². The van der Waals surface area contributed by atoms with Crippen LogP contribution in [0.5, 0.6) is 0 Å². The number of ether oxygens (including phenoxy) is 1. The van der Waals surface area contributed by atoms with Gasteiger partial charge in [0.05, 0.1) is 17.0 Å². The number of carbonyl (C=O) groups is 1. The number of benzene rings is 2. The maximum Gasteiger partial charge on any atom is 0.238 e. The molecule has 0 bridgehead atoms. The van der Waals surface area contributed by atoms with E-state index >= 15 is 0 Å². The zero-order chi connectivity index (χ0) is 22.9. The Balaban J connectivity index is 1.79. The van der Waals surface area contributed by atoms with E-state index in [1.807, 2.05) is 0 Å². The van der Waals surface area contributed by atoms with Crippen molar-refractivity contribution in [3.05, 3.63) is 71.0 Å². The summed E-state index contributed by atoms with van der Waals surface area (Å²) >= 11 is 6.27. The highest BCUT2D eigenvalue weighted by atomic mass is 35.5. The maximum atomic E-state index is 12.5. The van der Waals surface area contributed by atoms with Crippen LogP contribution >= 0.6 is 11.6 Å². The summed E-state index contributed by atoms with van der Waals surface area (Å²) in [6.07, 6.45) is 6.00. The molecule has 0 spiro atoms. The Morgan fingerprint density at radius 3 is 2.66 bits per heavy atom. The largest absolute Gasteiger partial charge is 0.369 e. The van der Waals surface area contributed by atoms with E-state index in [-0.39, 0.29) is 11.1 Å². The number of primary amides is 1. The first-order valence-electron chi connectivity index (χ1n) is 10.1. The molecular formula is C22H23ClN4O4S. The molecule has 2 aromatic carbocycles. The van der Waals surface area contributed by atoms with Crippen LogP contribution in [0.4, 0.5) is 0 Å². The first-order chi connectivity index (χ1) is 15.3. The van der Waals surface area contributed by atoms with Gasteiger partial charge in [0, 0.05) is 29.0 Å². The van der Waals surface area contributed by atoms with E-state index in [0.29, 0.717) is 33.9 Å². The molecule has 10 heteroatoms. The predicted octanol–water partition coefficient (Wildman–Crippen LogP) is 3.17. The molecule has 2 atom stereocenters. The van der Waals surface area contributed by atoms with Crippen LogP contribution in [-0.4, -0.2) is 30.7 Å². The third-order valence-electron chi connectivity index (χ3n) is 5.51. The van der Waals surface area contributed by atoms with Crippen LogP contribution in [0.1, 0.15) is 42.5 Å². The topological polar surface area (TPSA) is 130 Å². The highest BCUT2D eigenvalue weighted by Crippen LogP contribution is 2.35. The van der Waals surface area contributed by atoms with Crippen molar-refractivity contribution in [3.63, 3.8) is 0 Å². The van der Waals surface area contributed by atoms with Crippen molar-refractivity contribution in [1.29, 1.82) is 0 Å². The number of hydrogen-bond donors (Lipinski definition) is 2. The number of sulfonamides is 1. The molecule has 4 rings (SSSR count). The molecule has 2 unspecified atom stereocenters. The molecule has 8 nitrogen and oxygen atoms in total. The first-order valence-corrected chi connectivity index (χ1v) is 12.0. The minimum atomic E-state index is -4.12. The number of amides is 1. The molecule has 1 aliphatic heterocycles. The second-order valence-electron chi connectivity index (χ2n) is 7.69. The highest BCUT2D eigenvalue weighted by molar-refractivity contribution is 7.89. The molecule has 0 saturated carbocycles. The van der Waals surface area contributed by atoms with E-state index in [4.69, 9.17) is 27.2 Å². The van der Waals surface area contributed by atoms with Gasteiger partial charge in [0.1, 0.15) is 6.23 Å². The maximum absolute atomic E-state index is 12.5. The monoisotopic (exact) mass is 474 g/mol. The fourth-order valence-corrected chi connectivity index (χ4v) is 5.00. The smallest absolute Gasteiger partial charge is 0.238 e. The second kappa shape index (κ2) is 9.03. The van der Waals surface area contributed by atoms with Crippen molar-refractivity contribution in [3.8, 4) is 11.1 Å². The number of carbonyl (C=O) groups excluding carboxylic acids is 1. The Hall–Kier alpha value is -2.72. The van der Waals surface area contributed by atoms with Gasteiger partial charge < -0.3 is 10.5 Å². The van der Waals surface area contributed by atoms with Gasteiger partial charge in [0.15, 0.2) is 0 Å². The highest BCUT2D eigenvalue weighted by Gasteiger charge is 2.26. The lowest BCUT2D eigenvalue weighted by Gasteiger charge is -2.22.